The highest BCUT2D eigenvalue weighted by Gasteiger charge is 2.14. The monoisotopic (exact) mass is 243 g/mol. The van der Waals surface area contributed by atoms with E-state index in [2.05, 4.69) is 0 Å². The van der Waals surface area contributed by atoms with Crippen LogP contribution in [-0.4, -0.2) is 16.5 Å². The quantitative estimate of drug-likeness (QED) is 0.775. The SMILES string of the molecule is CC(=O)On1cccc1C(=O)c1ccc(C)cc1. The van der Waals surface area contributed by atoms with Crippen molar-refractivity contribution in [3.8, 4) is 0 Å². The van der Waals surface area contributed by atoms with Crippen LogP contribution in [0.15, 0.2) is 42.6 Å². The summed E-state index contributed by atoms with van der Waals surface area (Å²) in [5.41, 5.74) is 1.98. The Bertz CT molecular complexity index is 581. The molecule has 92 valence electrons. The third-order valence-electron chi connectivity index (χ3n) is 2.49. The van der Waals surface area contributed by atoms with E-state index in [1.807, 2.05) is 19.1 Å². The lowest BCUT2D eigenvalue weighted by Crippen LogP contribution is -2.20. The van der Waals surface area contributed by atoms with E-state index >= 15 is 0 Å². The second-order valence-corrected chi connectivity index (χ2v) is 4.00. The minimum Gasteiger partial charge on any atom is -0.337 e. The molecule has 4 heteroatoms. The van der Waals surface area contributed by atoms with Gasteiger partial charge in [0.05, 0.1) is 0 Å². The third-order valence-corrected chi connectivity index (χ3v) is 2.49. The second-order valence-electron chi connectivity index (χ2n) is 4.00. The van der Waals surface area contributed by atoms with E-state index < -0.39 is 5.97 Å². The first-order valence-corrected chi connectivity index (χ1v) is 5.55. The first-order chi connectivity index (χ1) is 8.58. The van der Waals surface area contributed by atoms with Crippen molar-refractivity contribution in [3.05, 3.63) is 59.4 Å². The first-order valence-electron chi connectivity index (χ1n) is 5.55. The Morgan fingerprint density at radius 1 is 1.11 bits per heavy atom. The van der Waals surface area contributed by atoms with Crippen LogP contribution in [0.1, 0.15) is 28.5 Å². The molecule has 0 amide bonds. The van der Waals surface area contributed by atoms with E-state index in [-0.39, 0.29) is 5.78 Å². The molecule has 0 atom stereocenters. The molecule has 2 aromatic rings. The maximum absolute atomic E-state index is 12.2. The van der Waals surface area contributed by atoms with Gasteiger partial charge in [0.25, 0.3) is 0 Å². The molecule has 4 nitrogen and oxygen atoms in total. The summed E-state index contributed by atoms with van der Waals surface area (Å²) in [5.74, 6) is -0.648. The molecule has 0 aliphatic heterocycles. The van der Waals surface area contributed by atoms with Gasteiger partial charge in [-0.05, 0) is 19.1 Å². The van der Waals surface area contributed by atoms with Crippen molar-refractivity contribution in [1.82, 2.24) is 4.73 Å². The first kappa shape index (κ1) is 12.1. The molecule has 2 rings (SSSR count). The van der Waals surface area contributed by atoms with E-state index in [0.29, 0.717) is 11.3 Å². The van der Waals surface area contributed by atoms with Gasteiger partial charge in [-0.1, -0.05) is 29.8 Å². The van der Waals surface area contributed by atoms with E-state index in [0.717, 1.165) is 5.56 Å². The molecular weight excluding hydrogens is 230 g/mol. The summed E-state index contributed by atoms with van der Waals surface area (Å²) in [7, 11) is 0. The number of carbonyl (C=O) groups is 2. The van der Waals surface area contributed by atoms with Crippen molar-refractivity contribution < 1.29 is 14.4 Å². The predicted molar refractivity (Wildman–Crippen MR) is 66.3 cm³/mol. The third kappa shape index (κ3) is 2.48. The zero-order valence-electron chi connectivity index (χ0n) is 10.2. The van der Waals surface area contributed by atoms with Gasteiger partial charge in [-0.3, -0.25) is 4.79 Å². The molecule has 1 aromatic heterocycles. The highest BCUT2D eigenvalue weighted by atomic mass is 16.7. The fourth-order valence-corrected chi connectivity index (χ4v) is 1.61. The summed E-state index contributed by atoms with van der Waals surface area (Å²) >= 11 is 0. The summed E-state index contributed by atoms with van der Waals surface area (Å²) in [5, 5.41) is 0. The molecular formula is C14H13NO3. The van der Waals surface area contributed by atoms with Crippen molar-refractivity contribution in [3.63, 3.8) is 0 Å². The van der Waals surface area contributed by atoms with Crippen molar-refractivity contribution >= 4 is 11.8 Å². The second kappa shape index (κ2) is 4.87. The molecule has 0 saturated carbocycles. The normalized spacial score (nSPS) is 10.1. The average molecular weight is 243 g/mol. The van der Waals surface area contributed by atoms with Crippen LogP contribution < -0.4 is 4.84 Å². The molecule has 0 bridgehead atoms. The summed E-state index contributed by atoms with van der Waals surface area (Å²) in [6.07, 6.45) is 1.53. The number of carbonyl (C=O) groups excluding carboxylic acids is 2. The Morgan fingerprint density at radius 3 is 2.39 bits per heavy atom. The summed E-state index contributed by atoms with van der Waals surface area (Å²) < 4.78 is 1.19. The molecule has 1 aromatic carbocycles. The minimum atomic E-state index is -0.468. The number of rotatable bonds is 3. The minimum absolute atomic E-state index is 0.179. The number of aromatic nitrogens is 1. The van der Waals surface area contributed by atoms with Gasteiger partial charge in [0.2, 0.25) is 5.78 Å². The number of ketones is 1. The molecule has 0 spiro atoms. The van der Waals surface area contributed by atoms with E-state index in [9.17, 15) is 9.59 Å². The van der Waals surface area contributed by atoms with E-state index in [4.69, 9.17) is 4.84 Å². The average Bonchev–Trinajstić information content (AvgIpc) is 2.76. The maximum atomic E-state index is 12.2. The smallest absolute Gasteiger partial charge is 0.329 e. The van der Waals surface area contributed by atoms with Crippen LogP contribution in [0.5, 0.6) is 0 Å². The lowest BCUT2D eigenvalue weighted by molar-refractivity contribution is -0.141. The molecule has 0 unspecified atom stereocenters. The lowest BCUT2D eigenvalue weighted by atomic mass is 10.1. The Balaban J connectivity index is 2.31. The molecule has 1 heterocycles. The molecule has 0 fully saturated rings. The fourth-order valence-electron chi connectivity index (χ4n) is 1.61. The van der Waals surface area contributed by atoms with Gasteiger partial charge in [-0.25, -0.2) is 4.79 Å². The highest BCUT2D eigenvalue weighted by molar-refractivity contribution is 6.08. The van der Waals surface area contributed by atoms with Crippen LogP contribution in [0.3, 0.4) is 0 Å². The standard InChI is InChI=1S/C14H13NO3/c1-10-5-7-12(8-6-10)14(17)13-4-3-9-15(13)18-11(2)16/h3-9H,1-2H3. The molecule has 0 aliphatic carbocycles. The Hall–Kier alpha value is -2.36. The Morgan fingerprint density at radius 2 is 1.78 bits per heavy atom. The largest absolute Gasteiger partial charge is 0.337 e. The number of hydrogen-bond donors (Lipinski definition) is 0. The van der Waals surface area contributed by atoms with Crippen LogP contribution in [0.25, 0.3) is 0 Å². The van der Waals surface area contributed by atoms with Crippen LogP contribution in [0.4, 0.5) is 0 Å². The van der Waals surface area contributed by atoms with Gasteiger partial charge in [0.15, 0.2) is 0 Å². The summed E-state index contributed by atoms with van der Waals surface area (Å²) in [4.78, 5) is 28.0. The van der Waals surface area contributed by atoms with E-state index in [1.165, 1.54) is 17.9 Å². The van der Waals surface area contributed by atoms with Gasteiger partial charge in [-0.15, -0.1) is 0 Å². The summed E-state index contributed by atoms with van der Waals surface area (Å²) in [6.45, 7) is 3.25. The van der Waals surface area contributed by atoms with Gasteiger partial charge in [0.1, 0.15) is 5.69 Å². The molecule has 0 saturated heterocycles. The number of nitrogens with zero attached hydrogens (tertiary/aromatic N) is 1. The van der Waals surface area contributed by atoms with Crippen molar-refractivity contribution in [1.29, 1.82) is 0 Å². The zero-order chi connectivity index (χ0) is 13.1. The van der Waals surface area contributed by atoms with Gasteiger partial charge < -0.3 is 4.84 Å². The van der Waals surface area contributed by atoms with Gasteiger partial charge in [-0.2, -0.15) is 4.73 Å². The maximum Gasteiger partial charge on any atom is 0.329 e. The number of hydrogen-bond acceptors (Lipinski definition) is 3. The van der Waals surface area contributed by atoms with Crippen molar-refractivity contribution in [2.75, 3.05) is 0 Å². The van der Waals surface area contributed by atoms with E-state index in [1.54, 1.807) is 24.3 Å². The molecule has 0 N–H and O–H groups in total. The Labute approximate surface area is 105 Å². The van der Waals surface area contributed by atoms with Crippen molar-refractivity contribution in [2.24, 2.45) is 0 Å². The summed E-state index contributed by atoms with van der Waals surface area (Å²) in [6, 6.07) is 10.5. The van der Waals surface area contributed by atoms with Crippen LogP contribution >= 0.6 is 0 Å². The molecule has 0 aliphatic rings. The number of aryl methyl sites for hydroxylation is 1. The molecule has 0 radical (unpaired) electrons. The van der Waals surface area contributed by atoms with Crippen LogP contribution in [0.2, 0.25) is 0 Å². The highest BCUT2D eigenvalue weighted by Crippen LogP contribution is 2.11. The fraction of sp³-hybridized carbons (Fsp3) is 0.143. The van der Waals surface area contributed by atoms with Crippen LogP contribution in [0, 0.1) is 6.92 Å². The van der Waals surface area contributed by atoms with Gasteiger partial charge in [0, 0.05) is 18.7 Å². The Kier molecular flexibility index (Phi) is 3.28. The van der Waals surface area contributed by atoms with Crippen LogP contribution in [-0.2, 0) is 4.79 Å². The topological polar surface area (TPSA) is 48.3 Å². The van der Waals surface area contributed by atoms with Gasteiger partial charge >= 0.3 is 5.97 Å². The molecule has 18 heavy (non-hydrogen) atoms. The zero-order valence-corrected chi connectivity index (χ0v) is 10.2. The van der Waals surface area contributed by atoms with Crippen molar-refractivity contribution in [2.45, 2.75) is 13.8 Å². The number of benzene rings is 1. The lowest BCUT2D eigenvalue weighted by Gasteiger charge is -2.06. The predicted octanol–water partition coefficient (Wildman–Crippen LogP) is 2.00.